The molecule has 134 valence electrons. The Hall–Kier alpha value is -0.910. The molecule has 2 aromatic rings. The quantitative estimate of drug-likeness (QED) is 0.341. The maximum absolute atomic E-state index is 9.38. The van der Waals surface area contributed by atoms with E-state index < -0.39 is 37.3 Å². The van der Waals surface area contributed by atoms with Gasteiger partial charge in [0.1, 0.15) is 30.2 Å². The van der Waals surface area contributed by atoms with E-state index in [-0.39, 0.29) is 5.75 Å². The van der Waals surface area contributed by atoms with E-state index >= 15 is 0 Å². The number of rotatable bonds is 1. The number of H-pyrrole nitrogens is 1. The average molecular weight is 427 g/mol. The smallest absolute Gasteiger partial charge is 0.184 e. The van der Waals surface area contributed by atoms with Gasteiger partial charge in [-0.2, -0.15) is 0 Å². The molecule has 8 nitrogen and oxygen atoms in total. The molecule has 1 aromatic carbocycles. The van der Waals surface area contributed by atoms with E-state index in [2.05, 4.69) is 25.7 Å². The molecule has 1 aromatic heterocycles. The fraction of sp³-hybridized carbons (Fsp3) is 0.429. The van der Waals surface area contributed by atoms with Gasteiger partial charge in [-0.05, 0) is 28.1 Å². The molecule has 0 unspecified atom stereocenters. The zero-order valence-electron chi connectivity index (χ0n) is 12.2. The highest BCUT2D eigenvalue weighted by molar-refractivity contribution is 9.10. The van der Waals surface area contributed by atoms with Crippen LogP contribution in [0, 0.1) is 0 Å². The highest BCUT2D eigenvalue weighted by Gasteiger charge is 2.42. The van der Waals surface area contributed by atoms with Gasteiger partial charge in [0.25, 0.3) is 0 Å². The molecule has 1 aliphatic heterocycles. The number of aliphatic hydroxyl groups excluding tert-OH is 5. The molecule has 2 heterocycles. The van der Waals surface area contributed by atoms with Gasteiger partial charge < -0.3 is 40.4 Å². The van der Waals surface area contributed by atoms with Crippen molar-refractivity contribution in [3.8, 4) is 5.75 Å². The standard InChI is InChI=1S/C8H5BrClNO.C6H12O6/c9-4-1-2-5-7(8(4)10)6(12)3-11-5;7-1-2-3(8)4(9)5(10)6(11)12-2/h1-3,11-12H;2-11H,1H2/t;2-,3-,4+,5+,6+/m.1/s1. The molecule has 7 N–H and O–H groups in total. The lowest BCUT2D eigenvalue weighted by molar-refractivity contribution is -0.286. The van der Waals surface area contributed by atoms with E-state index in [1.165, 1.54) is 6.20 Å². The number of fused-ring (bicyclic) bond motifs is 1. The number of halogens is 2. The fourth-order valence-electron chi connectivity index (χ4n) is 2.22. The first-order valence-corrected chi connectivity index (χ1v) is 8.07. The maximum Gasteiger partial charge on any atom is 0.184 e. The van der Waals surface area contributed by atoms with Gasteiger partial charge in [-0.25, -0.2) is 0 Å². The molecule has 0 amide bonds. The highest BCUT2D eigenvalue weighted by Crippen LogP contribution is 2.35. The Labute approximate surface area is 150 Å². The van der Waals surface area contributed by atoms with E-state index in [1.54, 1.807) is 0 Å². The number of aliphatic hydroxyl groups is 5. The Bertz CT molecular complexity index is 692. The summed E-state index contributed by atoms with van der Waals surface area (Å²) in [5.41, 5.74) is 0.834. The van der Waals surface area contributed by atoms with Crippen molar-refractivity contribution in [1.29, 1.82) is 0 Å². The Morgan fingerprint density at radius 1 is 1.12 bits per heavy atom. The second-order valence-electron chi connectivity index (χ2n) is 5.18. The first-order chi connectivity index (χ1) is 11.3. The minimum Gasteiger partial charge on any atom is -0.506 e. The van der Waals surface area contributed by atoms with Crippen molar-refractivity contribution in [2.24, 2.45) is 0 Å². The molecule has 5 atom stereocenters. The summed E-state index contributed by atoms with van der Waals surface area (Å²) in [5.74, 6) is 0.177. The molecule has 10 heteroatoms. The van der Waals surface area contributed by atoms with Gasteiger partial charge in [-0.15, -0.1) is 0 Å². The fourth-order valence-corrected chi connectivity index (χ4v) is 2.81. The third-order valence-corrected chi connectivity index (χ3v) is 4.86. The number of aromatic nitrogens is 1. The number of aromatic amines is 1. The monoisotopic (exact) mass is 425 g/mol. The first-order valence-electron chi connectivity index (χ1n) is 6.90. The number of benzene rings is 1. The van der Waals surface area contributed by atoms with Crippen LogP contribution in [-0.4, -0.2) is 72.9 Å². The van der Waals surface area contributed by atoms with E-state index in [9.17, 15) is 5.11 Å². The van der Waals surface area contributed by atoms with E-state index in [0.29, 0.717) is 10.4 Å². The van der Waals surface area contributed by atoms with Crippen molar-refractivity contribution in [2.45, 2.75) is 30.7 Å². The van der Waals surface area contributed by atoms with E-state index in [0.717, 1.165) is 9.99 Å². The predicted molar refractivity (Wildman–Crippen MR) is 88.7 cm³/mol. The molecule has 0 radical (unpaired) electrons. The summed E-state index contributed by atoms with van der Waals surface area (Å²) >= 11 is 9.22. The SMILES string of the molecule is OC[C@H]1O[C@H](O)[C@@H](O)[C@@H](O)[C@@H]1O.Oc1c[nH]c2ccc(Br)c(Cl)c12. The Kier molecular flexibility index (Phi) is 6.46. The number of hydrogen-bond acceptors (Lipinski definition) is 7. The molecule has 0 spiro atoms. The van der Waals surface area contributed by atoms with Crippen molar-refractivity contribution in [2.75, 3.05) is 6.61 Å². The van der Waals surface area contributed by atoms with Crippen LogP contribution in [0.3, 0.4) is 0 Å². The van der Waals surface area contributed by atoms with Crippen LogP contribution < -0.4 is 0 Å². The summed E-state index contributed by atoms with van der Waals surface area (Å²) < 4.78 is 5.36. The van der Waals surface area contributed by atoms with Crippen molar-refractivity contribution in [3.05, 3.63) is 27.8 Å². The van der Waals surface area contributed by atoms with Crippen LogP contribution in [0.25, 0.3) is 10.9 Å². The zero-order chi connectivity index (χ0) is 18.0. The molecule has 24 heavy (non-hydrogen) atoms. The Balaban J connectivity index is 0.000000174. The lowest BCUT2D eigenvalue weighted by Gasteiger charge is -2.37. The molecule has 1 aliphatic rings. The van der Waals surface area contributed by atoms with Crippen LogP contribution >= 0.6 is 27.5 Å². The van der Waals surface area contributed by atoms with Crippen molar-refractivity contribution < 1.29 is 35.4 Å². The number of hydrogen-bond donors (Lipinski definition) is 7. The maximum atomic E-state index is 9.38. The summed E-state index contributed by atoms with van der Waals surface area (Å²) in [6.07, 6.45) is -5.52. The Morgan fingerprint density at radius 3 is 2.42 bits per heavy atom. The van der Waals surface area contributed by atoms with Gasteiger partial charge in [-0.1, -0.05) is 11.6 Å². The van der Waals surface area contributed by atoms with Crippen molar-refractivity contribution >= 4 is 38.4 Å². The van der Waals surface area contributed by atoms with Gasteiger partial charge >= 0.3 is 0 Å². The molecule has 0 saturated carbocycles. The van der Waals surface area contributed by atoms with Crippen LogP contribution in [0.1, 0.15) is 0 Å². The zero-order valence-corrected chi connectivity index (χ0v) is 14.5. The van der Waals surface area contributed by atoms with Crippen molar-refractivity contribution in [1.82, 2.24) is 4.98 Å². The summed E-state index contributed by atoms with van der Waals surface area (Å²) in [6, 6.07) is 3.69. The van der Waals surface area contributed by atoms with Gasteiger partial charge in [-0.3, -0.25) is 0 Å². The molecule has 0 aliphatic carbocycles. The minimum absolute atomic E-state index is 0.177. The van der Waals surface area contributed by atoms with Gasteiger partial charge in [0.05, 0.1) is 22.5 Å². The average Bonchev–Trinajstić information content (AvgIpc) is 2.95. The summed E-state index contributed by atoms with van der Waals surface area (Å²) in [6.45, 7) is -0.526. The first kappa shape index (κ1) is 19.4. The summed E-state index contributed by atoms with van der Waals surface area (Å²) in [4.78, 5) is 2.90. The van der Waals surface area contributed by atoms with Crippen LogP contribution in [0.5, 0.6) is 5.75 Å². The lowest BCUT2D eigenvalue weighted by Crippen LogP contribution is -2.58. The third-order valence-electron chi connectivity index (χ3n) is 3.58. The second-order valence-corrected chi connectivity index (χ2v) is 6.41. The second kappa shape index (κ2) is 7.98. The van der Waals surface area contributed by atoms with E-state index in [1.807, 2.05) is 12.1 Å². The largest absolute Gasteiger partial charge is 0.506 e. The molecule has 1 fully saturated rings. The topological polar surface area (TPSA) is 146 Å². The number of aromatic hydroxyl groups is 1. The number of nitrogens with one attached hydrogen (secondary N) is 1. The molecule has 3 rings (SSSR count). The van der Waals surface area contributed by atoms with E-state index in [4.69, 9.17) is 37.1 Å². The third kappa shape index (κ3) is 3.84. The van der Waals surface area contributed by atoms with Crippen LogP contribution in [0.4, 0.5) is 0 Å². The van der Waals surface area contributed by atoms with Crippen LogP contribution in [0.2, 0.25) is 5.02 Å². The van der Waals surface area contributed by atoms with Crippen molar-refractivity contribution in [3.63, 3.8) is 0 Å². The summed E-state index contributed by atoms with van der Waals surface area (Å²) in [5, 5.41) is 55.2. The lowest BCUT2D eigenvalue weighted by atomic mass is 10.00. The minimum atomic E-state index is -1.57. The molecular weight excluding hydrogens is 410 g/mol. The highest BCUT2D eigenvalue weighted by atomic mass is 79.9. The van der Waals surface area contributed by atoms with Crippen LogP contribution in [-0.2, 0) is 4.74 Å². The molecule has 1 saturated heterocycles. The van der Waals surface area contributed by atoms with Crippen LogP contribution in [0.15, 0.2) is 22.8 Å². The molecular formula is C14H17BrClNO7. The normalized spacial score (nSPS) is 30.0. The predicted octanol–water partition coefficient (Wildman–Crippen LogP) is 0.0680. The summed E-state index contributed by atoms with van der Waals surface area (Å²) in [7, 11) is 0. The van der Waals surface area contributed by atoms with Gasteiger partial charge in [0.15, 0.2) is 6.29 Å². The number of ether oxygens (including phenoxy) is 1. The Morgan fingerprint density at radius 2 is 1.79 bits per heavy atom. The molecule has 0 bridgehead atoms. The van der Waals surface area contributed by atoms with Gasteiger partial charge in [0.2, 0.25) is 0 Å². The van der Waals surface area contributed by atoms with Gasteiger partial charge in [0, 0.05) is 10.7 Å².